The minimum atomic E-state index is -0.779. The van der Waals surface area contributed by atoms with Crippen molar-refractivity contribution >= 4 is 12.0 Å². The van der Waals surface area contributed by atoms with Crippen LogP contribution in [0.4, 0.5) is 4.39 Å². The van der Waals surface area contributed by atoms with Crippen molar-refractivity contribution in [2.45, 2.75) is 19.3 Å². The van der Waals surface area contributed by atoms with Crippen molar-refractivity contribution in [1.82, 2.24) is 10.6 Å². The number of carbonyl (C=O) groups excluding carboxylic acids is 1. The number of amides is 1. The fraction of sp³-hybridized carbons (Fsp3) is 0.348. The maximum absolute atomic E-state index is 13.8. The Morgan fingerprint density at radius 3 is 2.41 bits per heavy atom. The summed E-state index contributed by atoms with van der Waals surface area (Å²) in [6, 6.07) is 14.9. The van der Waals surface area contributed by atoms with E-state index in [-0.39, 0.29) is 0 Å². The van der Waals surface area contributed by atoms with Crippen molar-refractivity contribution < 1.29 is 18.7 Å². The average Bonchev–Trinajstić information content (AvgIpc) is 2.75. The number of rotatable bonds is 12. The zero-order valence-corrected chi connectivity index (χ0v) is 17.0. The van der Waals surface area contributed by atoms with Gasteiger partial charge in [-0.05, 0) is 61.7 Å². The number of methoxy groups -OCH3 is 2. The van der Waals surface area contributed by atoms with E-state index >= 15 is 0 Å². The van der Waals surface area contributed by atoms with Crippen molar-refractivity contribution in [3.8, 4) is 11.5 Å². The van der Waals surface area contributed by atoms with Crippen molar-refractivity contribution in [2.75, 3.05) is 33.9 Å². The lowest BCUT2D eigenvalue weighted by Crippen LogP contribution is -2.27. The third-order valence-corrected chi connectivity index (χ3v) is 4.39. The molecular weight excluding hydrogens is 371 g/mol. The van der Waals surface area contributed by atoms with E-state index in [1.165, 1.54) is 11.6 Å². The first-order valence-electron chi connectivity index (χ1n) is 9.76. The van der Waals surface area contributed by atoms with Gasteiger partial charge in [-0.3, -0.25) is 4.79 Å². The van der Waals surface area contributed by atoms with E-state index in [1.54, 1.807) is 38.5 Å². The van der Waals surface area contributed by atoms with Crippen LogP contribution in [-0.4, -0.2) is 39.8 Å². The summed E-state index contributed by atoms with van der Waals surface area (Å²) in [5, 5.41) is 5.93. The Morgan fingerprint density at radius 2 is 1.69 bits per heavy atom. The van der Waals surface area contributed by atoms with Crippen LogP contribution in [-0.2, 0) is 11.2 Å². The molecule has 0 unspecified atom stereocenters. The Morgan fingerprint density at radius 1 is 0.966 bits per heavy atom. The summed E-state index contributed by atoms with van der Waals surface area (Å²) in [6.07, 6.45) is 3.89. The molecule has 0 saturated heterocycles. The molecule has 156 valence electrons. The largest absolute Gasteiger partial charge is 0.493 e. The van der Waals surface area contributed by atoms with E-state index in [0.717, 1.165) is 43.9 Å². The lowest BCUT2D eigenvalue weighted by molar-refractivity contribution is -0.118. The van der Waals surface area contributed by atoms with E-state index in [9.17, 15) is 9.18 Å². The lowest BCUT2D eigenvalue weighted by atomic mass is 10.1. The Labute approximate surface area is 171 Å². The molecule has 1 amide bonds. The summed E-state index contributed by atoms with van der Waals surface area (Å²) in [5.74, 6) is 0.00936. The summed E-state index contributed by atoms with van der Waals surface area (Å²) in [4.78, 5) is 11.7. The van der Waals surface area contributed by atoms with Gasteiger partial charge in [-0.2, -0.15) is 0 Å². The van der Waals surface area contributed by atoms with Crippen LogP contribution < -0.4 is 20.1 Å². The third kappa shape index (κ3) is 7.95. The van der Waals surface area contributed by atoms with Crippen LogP contribution in [0, 0.1) is 0 Å². The molecule has 2 rings (SSSR count). The number of hydrogen-bond donors (Lipinski definition) is 2. The number of carbonyl (C=O) groups is 1. The Bertz CT molecular complexity index is 794. The van der Waals surface area contributed by atoms with Gasteiger partial charge in [0, 0.05) is 6.54 Å². The number of nitrogens with one attached hydrogen (secondary N) is 2. The summed E-state index contributed by atoms with van der Waals surface area (Å²) >= 11 is 0. The van der Waals surface area contributed by atoms with Gasteiger partial charge in [-0.25, -0.2) is 4.39 Å². The smallest absolute Gasteiger partial charge is 0.280 e. The fourth-order valence-corrected chi connectivity index (χ4v) is 2.84. The highest BCUT2D eigenvalue weighted by atomic mass is 19.1. The van der Waals surface area contributed by atoms with Crippen molar-refractivity contribution in [3.05, 3.63) is 65.5 Å². The second-order valence-corrected chi connectivity index (χ2v) is 6.56. The first kappa shape index (κ1) is 22.4. The topological polar surface area (TPSA) is 59.6 Å². The fourth-order valence-electron chi connectivity index (χ4n) is 2.84. The first-order valence-corrected chi connectivity index (χ1v) is 9.76. The van der Waals surface area contributed by atoms with Crippen molar-refractivity contribution in [1.29, 1.82) is 0 Å². The number of benzene rings is 2. The molecular formula is C23H29FN2O3. The molecule has 0 heterocycles. The molecule has 0 bridgehead atoms. The zero-order chi connectivity index (χ0) is 20.9. The molecule has 0 aliphatic heterocycles. The molecule has 0 fully saturated rings. The molecule has 6 heteroatoms. The van der Waals surface area contributed by atoms with Gasteiger partial charge in [0.2, 0.25) is 0 Å². The molecule has 29 heavy (non-hydrogen) atoms. The lowest BCUT2D eigenvalue weighted by Gasteiger charge is -2.10. The Hall–Kier alpha value is -2.86. The van der Waals surface area contributed by atoms with Crippen LogP contribution in [0.2, 0.25) is 0 Å². The summed E-state index contributed by atoms with van der Waals surface area (Å²) in [6.45, 7) is 2.05. The SMILES string of the molecule is COc1ccc(CCCNCCCNC(=O)/C(F)=C/c2ccccc2)cc1OC. The molecule has 0 aliphatic rings. The predicted octanol–water partition coefficient (Wildman–Crippen LogP) is 3.74. The van der Waals surface area contributed by atoms with Gasteiger partial charge in [0.05, 0.1) is 14.2 Å². The minimum absolute atomic E-state index is 0.428. The second-order valence-electron chi connectivity index (χ2n) is 6.56. The van der Waals surface area contributed by atoms with Gasteiger partial charge in [-0.15, -0.1) is 0 Å². The van der Waals surface area contributed by atoms with Gasteiger partial charge < -0.3 is 20.1 Å². The summed E-state index contributed by atoms with van der Waals surface area (Å²) in [5.41, 5.74) is 1.86. The number of hydrogen-bond acceptors (Lipinski definition) is 4. The van der Waals surface area contributed by atoms with Crippen LogP contribution in [0.25, 0.3) is 6.08 Å². The number of ether oxygens (including phenoxy) is 2. The highest BCUT2D eigenvalue weighted by molar-refractivity contribution is 5.95. The predicted molar refractivity (Wildman–Crippen MR) is 114 cm³/mol. The molecule has 2 N–H and O–H groups in total. The van der Waals surface area contributed by atoms with Crippen LogP contribution >= 0.6 is 0 Å². The molecule has 0 radical (unpaired) electrons. The quantitative estimate of drug-likeness (QED) is 0.421. The third-order valence-electron chi connectivity index (χ3n) is 4.39. The van der Waals surface area contributed by atoms with Gasteiger partial charge in [0.1, 0.15) is 0 Å². The standard InChI is InChI=1S/C23H29FN2O3/c1-28-21-12-11-19(17-22(21)29-2)10-6-13-25-14-7-15-26-23(27)20(24)16-18-8-4-3-5-9-18/h3-5,8-9,11-12,16-17,25H,6-7,10,13-15H2,1-2H3,(H,26,27)/b20-16-. The second kappa shape index (κ2) is 12.6. The highest BCUT2D eigenvalue weighted by Crippen LogP contribution is 2.27. The Kier molecular flexibility index (Phi) is 9.72. The number of halogens is 1. The van der Waals surface area contributed by atoms with Crippen LogP contribution in [0.5, 0.6) is 11.5 Å². The van der Waals surface area contributed by atoms with Crippen LogP contribution in [0.15, 0.2) is 54.4 Å². The van der Waals surface area contributed by atoms with Crippen LogP contribution in [0.1, 0.15) is 24.0 Å². The van der Waals surface area contributed by atoms with Gasteiger partial charge >= 0.3 is 0 Å². The van der Waals surface area contributed by atoms with Crippen LogP contribution in [0.3, 0.4) is 0 Å². The molecule has 2 aromatic carbocycles. The maximum atomic E-state index is 13.8. The monoisotopic (exact) mass is 400 g/mol. The van der Waals surface area contributed by atoms with Gasteiger partial charge in [-0.1, -0.05) is 36.4 Å². The molecule has 5 nitrogen and oxygen atoms in total. The average molecular weight is 400 g/mol. The molecule has 0 aliphatic carbocycles. The van der Waals surface area contributed by atoms with Crippen molar-refractivity contribution in [3.63, 3.8) is 0 Å². The molecule has 2 aromatic rings. The molecule has 0 aromatic heterocycles. The summed E-state index contributed by atoms with van der Waals surface area (Å²) in [7, 11) is 3.25. The summed E-state index contributed by atoms with van der Waals surface area (Å²) < 4.78 is 24.4. The van der Waals surface area contributed by atoms with E-state index in [0.29, 0.717) is 12.1 Å². The first-order chi connectivity index (χ1) is 14.1. The zero-order valence-electron chi connectivity index (χ0n) is 17.0. The normalized spacial score (nSPS) is 11.2. The Balaban J connectivity index is 1.57. The van der Waals surface area contributed by atoms with Crippen molar-refractivity contribution in [2.24, 2.45) is 0 Å². The molecule has 0 spiro atoms. The van der Waals surface area contributed by atoms with E-state index < -0.39 is 11.7 Å². The van der Waals surface area contributed by atoms with E-state index in [4.69, 9.17) is 9.47 Å². The van der Waals surface area contributed by atoms with Gasteiger partial charge in [0.25, 0.3) is 5.91 Å². The van der Waals surface area contributed by atoms with Gasteiger partial charge in [0.15, 0.2) is 17.3 Å². The minimum Gasteiger partial charge on any atom is -0.493 e. The maximum Gasteiger partial charge on any atom is 0.280 e. The number of aryl methyl sites for hydroxylation is 1. The molecule has 0 atom stereocenters. The van der Waals surface area contributed by atoms with E-state index in [2.05, 4.69) is 10.6 Å². The highest BCUT2D eigenvalue weighted by Gasteiger charge is 2.07. The van der Waals surface area contributed by atoms with E-state index in [1.807, 2.05) is 24.3 Å². The molecule has 0 saturated carbocycles.